The molecule has 0 spiro atoms. The Morgan fingerprint density at radius 1 is 1.00 bits per heavy atom. The summed E-state index contributed by atoms with van der Waals surface area (Å²) in [6.45, 7) is 0.0567. The quantitative estimate of drug-likeness (QED) is 0.454. The smallest absolute Gasteiger partial charge is 0.316 e. The number of aromatic nitrogens is 2. The highest BCUT2D eigenvalue weighted by atomic mass is 19.1. The van der Waals surface area contributed by atoms with Crippen molar-refractivity contribution in [1.29, 1.82) is 0 Å². The van der Waals surface area contributed by atoms with Crippen LogP contribution in [-0.2, 0) is 4.79 Å². The molecule has 3 aromatic rings. The van der Waals surface area contributed by atoms with Gasteiger partial charge in [0.1, 0.15) is 11.6 Å². The fourth-order valence-electron chi connectivity index (χ4n) is 2.59. The van der Waals surface area contributed by atoms with Crippen LogP contribution in [0.5, 0.6) is 17.2 Å². The third-order valence-electron chi connectivity index (χ3n) is 4.18. The molecule has 10 nitrogen and oxygen atoms in total. The summed E-state index contributed by atoms with van der Waals surface area (Å²) < 4.78 is 33.5. The lowest BCUT2D eigenvalue weighted by Gasteiger charge is -2.08. The normalized spacial score (nSPS) is 10.3. The van der Waals surface area contributed by atoms with Gasteiger partial charge in [0, 0.05) is 18.7 Å². The van der Waals surface area contributed by atoms with E-state index in [4.69, 9.17) is 18.7 Å². The highest BCUT2D eigenvalue weighted by Crippen LogP contribution is 2.31. The van der Waals surface area contributed by atoms with Gasteiger partial charge in [-0.25, -0.2) is 4.39 Å². The number of nitrogens with one attached hydrogen (secondary N) is 2. The van der Waals surface area contributed by atoms with Crippen LogP contribution in [0.3, 0.4) is 0 Å². The van der Waals surface area contributed by atoms with Crippen molar-refractivity contribution in [2.75, 3.05) is 33.9 Å². The Kier molecular flexibility index (Phi) is 7.57. The van der Waals surface area contributed by atoms with Gasteiger partial charge in [-0.05, 0) is 42.5 Å². The van der Waals surface area contributed by atoms with E-state index in [9.17, 15) is 14.0 Å². The van der Waals surface area contributed by atoms with Crippen molar-refractivity contribution >= 4 is 11.8 Å². The van der Waals surface area contributed by atoms with Crippen molar-refractivity contribution in [3.63, 3.8) is 0 Å². The van der Waals surface area contributed by atoms with E-state index in [1.165, 1.54) is 38.5 Å². The summed E-state index contributed by atoms with van der Waals surface area (Å²) in [6.07, 6.45) is 0. The number of carbonyl (C=O) groups is 2. The Labute approximate surface area is 182 Å². The molecule has 0 radical (unpaired) electrons. The van der Waals surface area contributed by atoms with Crippen molar-refractivity contribution in [2.24, 2.45) is 0 Å². The van der Waals surface area contributed by atoms with E-state index in [-0.39, 0.29) is 31.4 Å². The number of hydrogen-bond donors (Lipinski definition) is 2. The van der Waals surface area contributed by atoms with Crippen LogP contribution in [0.25, 0.3) is 11.4 Å². The molecule has 1 aromatic heterocycles. The second-order valence-corrected chi connectivity index (χ2v) is 6.34. The summed E-state index contributed by atoms with van der Waals surface area (Å²) in [7, 11) is 3.03. The van der Waals surface area contributed by atoms with E-state index in [2.05, 4.69) is 20.8 Å². The fourth-order valence-corrected chi connectivity index (χ4v) is 2.59. The van der Waals surface area contributed by atoms with Crippen molar-refractivity contribution in [3.05, 3.63) is 54.2 Å². The summed E-state index contributed by atoms with van der Waals surface area (Å²) in [4.78, 5) is 28.0. The van der Waals surface area contributed by atoms with Gasteiger partial charge in [0.2, 0.25) is 5.82 Å². The molecule has 1 heterocycles. The highest BCUT2D eigenvalue weighted by Gasteiger charge is 2.17. The summed E-state index contributed by atoms with van der Waals surface area (Å²) in [5.74, 6) is 0.0233. The van der Waals surface area contributed by atoms with Gasteiger partial charge in [-0.1, -0.05) is 5.16 Å². The Balaban J connectivity index is 1.43. The number of hydrogen-bond acceptors (Lipinski definition) is 8. The molecule has 11 heteroatoms. The molecule has 2 N–H and O–H groups in total. The zero-order chi connectivity index (χ0) is 22.9. The molecule has 0 atom stereocenters. The second kappa shape index (κ2) is 10.8. The average molecular weight is 444 g/mol. The van der Waals surface area contributed by atoms with Crippen LogP contribution in [0.4, 0.5) is 4.39 Å². The average Bonchev–Trinajstić information content (AvgIpc) is 3.31. The van der Waals surface area contributed by atoms with Crippen LogP contribution in [0.15, 0.2) is 47.0 Å². The second-order valence-electron chi connectivity index (χ2n) is 6.34. The molecule has 0 saturated heterocycles. The maximum atomic E-state index is 12.8. The minimum absolute atomic E-state index is 0.134. The third kappa shape index (κ3) is 5.94. The number of halogens is 1. The van der Waals surface area contributed by atoms with Gasteiger partial charge in [-0.2, -0.15) is 4.98 Å². The van der Waals surface area contributed by atoms with E-state index in [0.29, 0.717) is 22.8 Å². The lowest BCUT2D eigenvalue weighted by molar-refractivity contribution is -0.123. The Hall–Kier alpha value is -4.15. The third-order valence-corrected chi connectivity index (χ3v) is 4.18. The molecule has 32 heavy (non-hydrogen) atoms. The Morgan fingerprint density at radius 2 is 1.72 bits per heavy atom. The van der Waals surface area contributed by atoms with Gasteiger partial charge in [0.25, 0.3) is 5.91 Å². The lowest BCUT2D eigenvalue weighted by Crippen LogP contribution is -2.36. The molecule has 0 fully saturated rings. The van der Waals surface area contributed by atoms with Crippen LogP contribution < -0.4 is 24.8 Å². The maximum absolute atomic E-state index is 12.8. The van der Waals surface area contributed by atoms with Gasteiger partial charge in [0.15, 0.2) is 18.1 Å². The van der Waals surface area contributed by atoms with Gasteiger partial charge in [0.05, 0.1) is 14.2 Å². The summed E-state index contributed by atoms with van der Waals surface area (Å²) in [5, 5.41) is 8.94. The van der Waals surface area contributed by atoms with Crippen LogP contribution in [0.2, 0.25) is 0 Å². The topological polar surface area (TPSA) is 125 Å². The monoisotopic (exact) mass is 444 g/mol. The first kappa shape index (κ1) is 22.5. The molecule has 0 aliphatic rings. The minimum Gasteiger partial charge on any atom is -0.493 e. The van der Waals surface area contributed by atoms with Crippen LogP contribution in [0.1, 0.15) is 10.7 Å². The summed E-state index contributed by atoms with van der Waals surface area (Å²) in [5.41, 5.74) is 0.582. The predicted octanol–water partition coefficient (Wildman–Crippen LogP) is 1.82. The molecule has 0 aliphatic carbocycles. The van der Waals surface area contributed by atoms with E-state index < -0.39 is 17.6 Å². The predicted molar refractivity (Wildman–Crippen MR) is 110 cm³/mol. The molecule has 3 rings (SSSR count). The van der Waals surface area contributed by atoms with Gasteiger partial charge in [-0.15, -0.1) is 0 Å². The first-order valence-electron chi connectivity index (χ1n) is 9.49. The number of nitrogens with zero attached hydrogens (tertiary/aromatic N) is 2. The summed E-state index contributed by atoms with van der Waals surface area (Å²) in [6, 6.07) is 10.4. The number of methoxy groups -OCH3 is 2. The van der Waals surface area contributed by atoms with Gasteiger partial charge >= 0.3 is 11.8 Å². The molecule has 2 aromatic carbocycles. The van der Waals surface area contributed by atoms with Crippen LogP contribution >= 0.6 is 0 Å². The van der Waals surface area contributed by atoms with E-state index in [1.54, 1.807) is 18.2 Å². The molecular formula is C21H21FN4O6. The first-order chi connectivity index (χ1) is 15.5. The first-order valence-corrected chi connectivity index (χ1v) is 9.49. The molecule has 2 amide bonds. The van der Waals surface area contributed by atoms with E-state index in [1.807, 2.05) is 0 Å². The van der Waals surface area contributed by atoms with Gasteiger partial charge in [-0.3, -0.25) is 9.59 Å². The number of carbonyl (C=O) groups excluding carboxylic acids is 2. The van der Waals surface area contributed by atoms with Gasteiger partial charge < -0.3 is 29.4 Å². The number of rotatable bonds is 10. The van der Waals surface area contributed by atoms with E-state index >= 15 is 0 Å². The standard InChI is InChI=1S/C21H21FN4O6/c1-29-16-8-3-13(11-17(16)30-2)19-25-21(32-26-19)20(28)24-10-9-23-18(27)12-31-15-6-4-14(22)5-7-15/h3-8,11H,9-10,12H2,1-2H3,(H,23,27)(H,24,28). The zero-order valence-corrected chi connectivity index (χ0v) is 17.4. The van der Waals surface area contributed by atoms with Crippen LogP contribution in [-0.4, -0.2) is 55.9 Å². The number of ether oxygens (including phenoxy) is 3. The van der Waals surface area contributed by atoms with Crippen molar-refractivity contribution < 1.29 is 32.7 Å². The van der Waals surface area contributed by atoms with Crippen LogP contribution in [0, 0.1) is 5.82 Å². The molecule has 0 saturated carbocycles. The Morgan fingerprint density at radius 3 is 2.44 bits per heavy atom. The van der Waals surface area contributed by atoms with Crippen molar-refractivity contribution in [3.8, 4) is 28.6 Å². The molecular weight excluding hydrogens is 423 g/mol. The largest absolute Gasteiger partial charge is 0.493 e. The fraction of sp³-hybridized carbons (Fsp3) is 0.238. The zero-order valence-electron chi connectivity index (χ0n) is 17.4. The highest BCUT2D eigenvalue weighted by molar-refractivity contribution is 5.90. The molecule has 0 bridgehead atoms. The number of benzene rings is 2. The molecule has 168 valence electrons. The Bertz CT molecular complexity index is 1070. The lowest BCUT2D eigenvalue weighted by atomic mass is 10.2. The van der Waals surface area contributed by atoms with Crippen molar-refractivity contribution in [2.45, 2.75) is 0 Å². The SMILES string of the molecule is COc1ccc(-c2noc(C(=O)NCCNC(=O)COc3ccc(F)cc3)n2)cc1OC. The van der Waals surface area contributed by atoms with E-state index in [0.717, 1.165) is 0 Å². The molecule has 0 unspecified atom stereocenters. The maximum Gasteiger partial charge on any atom is 0.316 e. The molecule has 0 aliphatic heterocycles. The minimum atomic E-state index is -0.582. The van der Waals surface area contributed by atoms with Crippen molar-refractivity contribution in [1.82, 2.24) is 20.8 Å². The number of amides is 2. The summed E-state index contributed by atoms with van der Waals surface area (Å²) >= 11 is 0.